The largest absolute Gasteiger partial charge is 0.406 e. The van der Waals surface area contributed by atoms with E-state index in [2.05, 4.69) is 5.10 Å². The first-order valence-electron chi connectivity index (χ1n) is 6.32. The molecule has 0 unspecified atom stereocenters. The van der Waals surface area contributed by atoms with Crippen molar-refractivity contribution in [3.05, 3.63) is 11.4 Å². The van der Waals surface area contributed by atoms with Crippen LogP contribution in [0.25, 0.3) is 0 Å². The van der Waals surface area contributed by atoms with Gasteiger partial charge in [0.1, 0.15) is 12.2 Å². The molecule has 0 saturated heterocycles. The van der Waals surface area contributed by atoms with Crippen molar-refractivity contribution in [2.75, 3.05) is 18.8 Å². The fourth-order valence-corrected chi connectivity index (χ4v) is 1.90. The summed E-state index contributed by atoms with van der Waals surface area (Å²) in [7, 11) is 1.49. The van der Waals surface area contributed by atoms with Crippen LogP contribution >= 0.6 is 0 Å². The number of carbonyl (C=O) groups excluding carboxylic acids is 1. The highest BCUT2D eigenvalue weighted by molar-refractivity contribution is 5.98. The van der Waals surface area contributed by atoms with Gasteiger partial charge in [-0.25, -0.2) is 0 Å². The third-order valence-corrected chi connectivity index (χ3v) is 2.91. The van der Waals surface area contributed by atoms with Crippen LogP contribution in [0.4, 0.5) is 18.9 Å². The first kappa shape index (κ1) is 16.3. The highest BCUT2D eigenvalue weighted by Crippen LogP contribution is 2.22. The predicted molar refractivity (Wildman–Crippen MR) is 69.2 cm³/mol. The summed E-state index contributed by atoms with van der Waals surface area (Å²) in [5.41, 5.74) is 6.28. The lowest BCUT2D eigenvalue weighted by Gasteiger charge is -2.24. The minimum absolute atomic E-state index is 0.00264. The molecule has 0 aliphatic heterocycles. The van der Waals surface area contributed by atoms with Crippen LogP contribution in [-0.2, 0) is 7.05 Å². The molecule has 8 heteroatoms. The standard InChI is InChI=1S/C12H19F3N4O/c1-4-5-6-19(7-12(13,14)15)11(20)10-9(16)8(2)17-18(10)3/h4-7,16H2,1-3H3. The fourth-order valence-electron chi connectivity index (χ4n) is 1.90. The molecule has 20 heavy (non-hydrogen) atoms. The van der Waals surface area contributed by atoms with Crippen molar-refractivity contribution in [3.8, 4) is 0 Å². The molecule has 5 nitrogen and oxygen atoms in total. The van der Waals surface area contributed by atoms with Crippen LogP contribution in [0.2, 0.25) is 0 Å². The first-order chi connectivity index (χ1) is 9.17. The second-order valence-corrected chi connectivity index (χ2v) is 4.67. The van der Waals surface area contributed by atoms with Crippen LogP contribution in [0.3, 0.4) is 0 Å². The summed E-state index contributed by atoms with van der Waals surface area (Å²) in [6.07, 6.45) is -3.24. The van der Waals surface area contributed by atoms with E-state index >= 15 is 0 Å². The van der Waals surface area contributed by atoms with Crippen molar-refractivity contribution < 1.29 is 18.0 Å². The van der Waals surface area contributed by atoms with E-state index in [4.69, 9.17) is 5.73 Å². The van der Waals surface area contributed by atoms with Gasteiger partial charge >= 0.3 is 6.18 Å². The number of halogens is 3. The van der Waals surface area contributed by atoms with E-state index in [1.165, 1.54) is 11.7 Å². The molecule has 0 aromatic carbocycles. The molecule has 0 bridgehead atoms. The summed E-state index contributed by atoms with van der Waals surface area (Å²) in [6, 6.07) is 0. The smallest absolute Gasteiger partial charge is 0.395 e. The zero-order valence-corrected chi connectivity index (χ0v) is 11.8. The number of carbonyl (C=O) groups is 1. The highest BCUT2D eigenvalue weighted by atomic mass is 19.4. The van der Waals surface area contributed by atoms with Gasteiger partial charge in [-0.15, -0.1) is 0 Å². The molecule has 1 rings (SSSR count). The Bertz CT molecular complexity index is 482. The number of nitrogen functional groups attached to an aromatic ring is 1. The van der Waals surface area contributed by atoms with Gasteiger partial charge in [0.25, 0.3) is 5.91 Å². The molecule has 0 aliphatic rings. The molecule has 0 radical (unpaired) electrons. The number of nitrogens with zero attached hydrogens (tertiary/aromatic N) is 3. The molecule has 2 N–H and O–H groups in total. The van der Waals surface area contributed by atoms with E-state index in [1.807, 2.05) is 6.92 Å². The van der Waals surface area contributed by atoms with E-state index in [9.17, 15) is 18.0 Å². The van der Waals surface area contributed by atoms with Gasteiger partial charge in [-0.3, -0.25) is 9.48 Å². The zero-order valence-electron chi connectivity index (χ0n) is 11.8. The Labute approximate surface area is 115 Å². The molecule has 0 spiro atoms. The number of unbranched alkanes of at least 4 members (excludes halogenated alkanes) is 1. The van der Waals surface area contributed by atoms with Crippen molar-refractivity contribution in [1.29, 1.82) is 0 Å². The number of aromatic nitrogens is 2. The van der Waals surface area contributed by atoms with E-state index in [0.717, 1.165) is 4.90 Å². The van der Waals surface area contributed by atoms with Gasteiger partial charge in [0.2, 0.25) is 0 Å². The van der Waals surface area contributed by atoms with Crippen molar-refractivity contribution in [2.24, 2.45) is 7.05 Å². The number of rotatable bonds is 5. The number of alkyl halides is 3. The third kappa shape index (κ3) is 3.88. The van der Waals surface area contributed by atoms with Gasteiger partial charge in [-0.1, -0.05) is 13.3 Å². The maximum atomic E-state index is 12.6. The Hall–Kier alpha value is -1.73. The topological polar surface area (TPSA) is 64.2 Å². The van der Waals surface area contributed by atoms with Gasteiger partial charge in [0.15, 0.2) is 0 Å². The van der Waals surface area contributed by atoms with Gasteiger partial charge in [0, 0.05) is 13.6 Å². The Morgan fingerprint density at radius 3 is 2.45 bits per heavy atom. The number of amides is 1. The molecule has 0 atom stereocenters. The number of hydrogen-bond donors (Lipinski definition) is 1. The molecule has 114 valence electrons. The summed E-state index contributed by atoms with van der Waals surface area (Å²) < 4.78 is 38.9. The predicted octanol–water partition coefficient (Wildman–Crippen LogP) is 2.12. The molecule has 1 aromatic heterocycles. The summed E-state index contributed by atoms with van der Waals surface area (Å²) in [5, 5.41) is 3.95. The SMILES string of the molecule is CCCCN(CC(F)(F)F)C(=O)c1c(N)c(C)nn1C. The van der Waals surface area contributed by atoms with E-state index in [-0.39, 0.29) is 17.9 Å². The average Bonchev–Trinajstić information content (AvgIpc) is 2.56. The lowest BCUT2D eigenvalue weighted by Crippen LogP contribution is -2.40. The first-order valence-corrected chi connectivity index (χ1v) is 6.32. The maximum Gasteiger partial charge on any atom is 0.406 e. The summed E-state index contributed by atoms with van der Waals surface area (Å²) in [4.78, 5) is 13.0. The summed E-state index contributed by atoms with van der Waals surface area (Å²) in [6.45, 7) is 2.21. The summed E-state index contributed by atoms with van der Waals surface area (Å²) in [5.74, 6) is -0.739. The maximum absolute atomic E-state index is 12.6. The summed E-state index contributed by atoms with van der Waals surface area (Å²) >= 11 is 0. The van der Waals surface area contributed by atoms with Crippen LogP contribution < -0.4 is 5.73 Å². The fraction of sp³-hybridized carbons (Fsp3) is 0.667. The van der Waals surface area contributed by atoms with Gasteiger partial charge in [0.05, 0.1) is 11.4 Å². The minimum atomic E-state index is -4.44. The molecular formula is C12H19F3N4O. The van der Waals surface area contributed by atoms with Crippen molar-refractivity contribution in [1.82, 2.24) is 14.7 Å². The van der Waals surface area contributed by atoms with Crippen LogP contribution in [-0.4, -0.2) is 39.9 Å². The van der Waals surface area contributed by atoms with Gasteiger partial charge < -0.3 is 10.6 Å². The van der Waals surface area contributed by atoms with Gasteiger partial charge in [-0.2, -0.15) is 18.3 Å². The van der Waals surface area contributed by atoms with E-state index in [1.54, 1.807) is 6.92 Å². The van der Waals surface area contributed by atoms with E-state index in [0.29, 0.717) is 18.5 Å². The lowest BCUT2D eigenvalue weighted by molar-refractivity contribution is -0.140. The number of nitrogens with two attached hydrogens (primary N) is 1. The average molecular weight is 292 g/mol. The highest BCUT2D eigenvalue weighted by Gasteiger charge is 2.34. The quantitative estimate of drug-likeness (QED) is 0.904. The third-order valence-electron chi connectivity index (χ3n) is 2.91. The number of hydrogen-bond acceptors (Lipinski definition) is 3. The zero-order chi connectivity index (χ0) is 15.5. The molecule has 0 saturated carbocycles. The Morgan fingerprint density at radius 1 is 1.45 bits per heavy atom. The Morgan fingerprint density at radius 2 is 2.05 bits per heavy atom. The van der Waals surface area contributed by atoms with Crippen LogP contribution in [0, 0.1) is 6.92 Å². The molecular weight excluding hydrogens is 273 g/mol. The van der Waals surface area contributed by atoms with E-state index < -0.39 is 18.6 Å². The van der Waals surface area contributed by atoms with Crippen LogP contribution in [0.5, 0.6) is 0 Å². The molecule has 0 aliphatic carbocycles. The lowest BCUT2D eigenvalue weighted by atomic mass is 10.2. The minimum Gasteiger partial charge on any atom is -0.395 e. The number of aryl methyl sites for hydroxylation is 2. The van der Waals surface area contributed by atoms with Gasteiger partial charge in [-0.05, 0) is 13.3 Å². The Balaban J connectivity index is 3.03. The van der Waals surface area contributed by atoms with Crippen molar-refractivity contribution in [3.63, 3.8) is 0 Å². The molecule has 1 heterocycles. The molecule has 1 amide bonds. The van der Waals surface area contributed by atoms with Crippen molar-refractivity contribution in [2.45, 2.75) is 32.9 Å². The number of anilines is 1. The Kier molecular flexibility index (Phi) is 5.02. The van der Waals surface area contributed by atoms with Crippen molar-refractivity contribution >= 4 is 11.6 Å². The second kappa shape index (κ2) is 6.15. The second-order valence-electron chi connectivity index (χ2n) is 4.67. The van der Waals surface area contributed by atoms with Crippen LogP contribution in [0.1, 0.15) is 35.9 Å². The van der Waals surface area contributed by atoms with Crippen LogP contribution in [0.15, 0.2) is 0 Å². The normalized spacial score (nSPS) is 11.7. The molecule has 0 fully saturated rings. The molecule has 1 aromatic rings. The monoisotopic (exact) mass is 292 g/mol.